The van der Waals surface area contributed by atoms with Crippen molar-refractivity contribution < 1.29 is 4.79 Å². The Morgan fingerprint density at radius 3 is 3.00 bits per heavy atom. The number of hydrogen-bond acceptors (Lipinski definition) is 3. The third-order valence-corrected chi connectivity index (χ3v) is 2.24. The van der Waals surface area contributed by atoms with Crippen molar-refractivity contribution in [3.63, 3.8) is 0 Å². The molecular formula is C10H13N5O. The Hall–Kier alpha value is -2.11. The highest BCUT2D eigenvalue weighted by atomic mass is 16.1. The number of aromatic amines is 1. The Morgan fingerprint density at radius 1 is 1.62 bits per heavy atom. The van der Waals surface area contributed by atoms with Crippen LogP contribution in [0.2, 0.25) is 0 Å². The van der Waals surface area contributed by atoms with Gasteiger partial charge in [0.15, 0.2) is 0 Å². The van der Waals surface area contributed by atoms with Gasteiger partial charge in [-0.2, -0.15) is 5.10 Å². The molecule has 6 nitrogen and oxygen atoms in total. The molecule has 16 heavy (non-hydrogen) atoms. The fourth-order valence-electron chi connectivity index (χ4n) is 1.40. The Labute approximate surface area is 92.7 Å². The second kappa shape index (κ2) is 4.18. The van der Waals surface area contributed by atoms with Gasteiger partial charge in [-0.05, 0) is 6.92 Å². The number of nitrogens with zero attached hydrogens (tertiary/aromatic N) is 3. The fourth-order valence-corrected chi connectivity index (χ4v) is 1.40. The molecule has 0 fully saturated rings. The van der Waals surface area contributed by atoms with E-state index in [0.29, 0.717) is 5.56 Å². The molecule has 0 aliphatic heterocycles. The zero-order valence-electron chi connectivity index (χ0n) is 9.14. The summed E-state index contributed by atoms with van der Waals surface area (Å²) in [5.41, 5.74) is 0.543. The number of nitrogens with one attached hydrogen (secondary N) is 2. The Balaban J connectivity index is 2.03. The van der Waals surface area contributed by atoms with Crippen molar-refractivity contribution in [1.29, 1.82) is 0 Å². The topological polar surface area (TPSA) is 75.6 Å². The van der Waals surface area contributed by atoms with Crippen LogP contribution >= 0.6 is 0 Å². The molecule has 1 atom stereocenters. The van der Waals surface area contributed by atoms with Gasteiger partial charge in [-0.15, -0.1) is 0 Å². The molecule has 0 radical (unpaired) electrons. The standard InChI is InChI=1S/C10H13N5O/c1-7(9-11-3-4-12-9)14-10(16)8-5-13-15(2)6-8/h3-7H,1-2H3,(H,11,12)(H,14,16). The minimum Gasteiger partial charge on any atom is -0.347 e. The molecule has 0 saturated heterocycles. The second-order valence-corrected chi connectivity index (χ2v) is 3.57. The van der Waals surface area contributed by atoms with Crippen molar-refractivity contribution >= 4 is 5.91 Å². The van der Waals surface area contributed by atoms with Gasteiger partial charge in [0.05, 0.1) is 17.8 Å². The first kappa shape index (κ1) is 10.4. The third-order valence-electron chi connectivity index (χ3n) is 2.24. The van der Waals surface area contributed by atoms with Gasteiger partial charge in [0.1, 0.15) is 5.82 Å². The molecule has 0 bridgehead atoms. The van der Waals surface area contributed by atoms with Crippen LogP contribution in [0.3, 0.4) is 0 Å². The number of hydrogen-bond donors (Lipinski definition) is 2. The molecule has 0 saturated carbocycles. The van der Waals surface area contributed by atoms with Crippen molar-refractivity contribution in [2.75, 3.05) is 0 Å². The van der Waals surface area contributed by atoms with Gasteiger partial charge in [-0.3, -0.25) is 9.48 Å². The minimum atomic E-state index is -0.156. The number of carbonyl (C=O) groups excluding carboxylic acids is 1. The lowest BCUT2D eigenvalue weighted by molar-refractivity contribution is 0.0938. The van der Waals surface area contributed by atoms with Crippen LogP contribution in [0, 0.1) is 0 Å². The maximum Gasteiger partial charge on any atom is 0.255 e. The van der Waals surface area contributed by atoms with Gasteiger partial charge in [0.2, 0.25) is 0 Å². The summed E-state index contributed by atoms with van der Waals surface area (Å²) in [6.07, 6.45) is 6.58. The van der Waals surface area contributed by atoms with Crippen LogP contribution in [0.1, 0.15) is 29.1 Å². The van der Waals surface area contributed by atoms with Crippen molar-refractivity contribution in [2.24, 2.45) is 7.05 Å². The number of rotatable bonds is 3. The lowest BCUT2D eigenvalue weighted by Gasteiger charge is -2.09. The van der Waals surface area contributed by atoms with Gasteiger partial charge >= 0.3 is 0 Å². The number of aryl methyl sites for hydroxylation is 1. The summed E-state index contributed by atoms with van der Waals surface area (Å²) in [5, 5.41) is 6.77. The van der Waals surface area contributed by atoms with Crippen molar-refractivity contribution in [3.8, 4) is 0 Å². The number of carbonyl (C=O) groups is 1. The maximum atomic E-state index is 11.8. The summed E-state index contributed by atoms with van der Waals surface area (Å²) < 4.78 is 1.59. The van der Waals surface area contributed by atoms with Crippen molar-refractivity contribution in [1.82, 2.24) is 25.1 Å². The predicted molar refractivity (Wildman–Crippen MR) is 57.7 cm³/mol. The summed E-state index contributed by atoms with van der Waals surface area (Å²) in [6, 6.07) is -0.150. The molecular weight excluding hydrogens is 206 g/mol. The molecule has 2 N–H and O–H groups in total. The van der Waals surface area contributed by atoms with Gasteiger partial charge in [-0.25, -0.2) is 4.98 Å². The molecule has 84 valence electrons. The summed E-state index contributed by atoms with van der Waals surface area (Å²) in [5.74, 6) is 0.578. The zero-order valence-corrected chi connectivity index (χ0v) is 9.14. The molecule has 2 aromatic rings. The predicted octanol–water partition coefficient (Wildman–Crippen LogP) is 0.634. The average Bonchev–Trinajstić information content (AvgIpc) is 2.87. The van der Waals surface area contributed by atoms with Gasteiger partial charge in [0.25, 0.3) is 5.91 Å². The molecule has 0 aliphatic carbocycles. The average molecular weight is 219 g/mol. The SMILES string of the molecule is CC(NC(=O)c1cnn(C)c1)c1ncc[nH]1. The molecule has 0 spiro atoms. The number of H-pyrrole nitrogens is 1. The van der Waals surface area contributed by atoms with Crippen LogP contribution in [0.15, 0.2) is 24.8 Å². The van der Waals surface area contributed by atoms with E-state index < -0.39 is 0 Å². The first-order valence-corrected chi connectivity index (χ1v) is 4.95. The molecule has 1 amide bonds. The minimum absolute atomic E-state index is 0.150. The van der Waals surface area contributed by atoms with E-state index in [1.54, 1.807) is 30.3 Å². The van der Waals surface area contributed by atoms with E-state index in [1.165, 1.54) is 6.20 Å². The monoisotopic (exact) mass is 219 g/mol. The van der Waals surface area contributed by atoms with Gasteiger partial charge in [-0.1, -0.05) is 0 Å². The first-order chi connectivity index (χ1) is 7.66. The summed E-state index contributed by atoms with van der Waals surface area (Å²) in [4.78, 5) is 18.8. The quantitative estimate of drug-likeness (QED) is 0.795. The number of amides is 1. The van der Waals surface area contributed by atoms with Crippen LogP contribution in [0.5, 0.6) is 0 Å². The van der Waals surface area contributed by atoms with E-state index in [4.69, 9.17) is 0 Å². The van der Waals surface area contributed by atoms with Crippen molar-refractivity contribution in [2.45, 2.75) is 13.0 Å². The lowest BCUT2D eigenvalue weighted by atomic mass is 10.2. The smallest absolute Gasteiger partial charge is 0.255 e. The number of imidazole rings is 1. The summed E-state index contributed by atoms with van der Waals surface area (Å²) in [6.45, 7) is 1.87. The Kier molecular flexibility index (Phi) is 2.72. The van der Waals surface area contributed by atoms with Crippen LogP contribution in [0.25, 0.3) is 0 Å². The van der Waals surface area contributed by atoms with Gasteiger partial charge < -0.3 is 10.3 Å². The highest BCUT2D eigenvalue weighted by Crippen LogP contribution is 2.07. The molecule has 2 heterocycles. The van der Waals surface area contributed by atoms with Crippen LogP contribution in [-0.4, -0.2) is 25.7 Å². The molecule has 0 aromatic carbocycles. The highest BCUT2D eigenvalue weighted by molar-refractivity contribution is 5.93. The first-order valence-electron chi connectivity index (χ1n) is 4.95. The Morgan fingerprint density at radius 2 is 2.44 bits per heavy atom. The normalized spacial score (nSPS) is 12.4. The summed E-state index contributed by atoms with van der Waals surface area (Å²) in [7, 11) is 1.77. The molecule has 2 aromatic heterocycles. The van der Waals surface area contributed by atoms with E-state index in [9.17, 15) is 4.79 Å². The highest BCUT2D eigenvalue weighted by Gasteiger charge is 2.13. The third kappa shape index (κ3) is 2.10. The van der Waals surface area contributed by atoms with Gasteiger partial charge in [0, 0.05) is 25.6 Å². The van der Waals surface area contributed by atoms with E-state index >= 15 is 0 Å². The lowest BCUT2D eigenvalue weighted by Crippen LogP contribution is -2.27. The largest absolute Gasteiger partial charge is 0.347 e. The van der Waals surface area contributed by atoms with Crippen LogP contribution in [0.4, 0.5) is 0 Å². The van der Waals surface area contributed by atoms with E-state index in [-0.39, 0.29) is 11.9 Å². The Bertz CT molecular complexity index is 473. The number of aromatic nitrogens is 4. The molecule has 1 unspecified atom stereocenters. The fraction of sp³-hybridized carbons (Fsp3) is 0.300. The van der Waals surface area contributed by atoms with E-state index in [2.05, 4.69) is 20.4 Å². The molecule has 6 heteroatoms. The molecule has 0 aliphatic rings. The zero-order chi connectivity index (χ0) is 11.5. The summed E-state index contributed by atoms with van der Waals surface area (Å²) >= 11 is 0. The maximum absolute atomic E-state index is 11.8. The van der Waals surface area contributed by atoms with E-state index in [1.807, 2.05) is 6.92 Å². The van der Waals surface area contributed by atoms with Crippen molar-refractivity contribution in [3.05, 3.63) is 36.2 Å². The molecule has 2 rings (SSSR count). The van der Waals surface area contributed by atoms with Crippen LogP contribution in [-0.2, 0) is 7.05 Å². The van der Waals surface area contributed by atoms with E-state index in [0.717, 1.165) is 5.82 Å². The second-order valence-electron chi connectivity index (χ2n) is 3.57. The van der Waals surface area contributed by atoms with Crippen LogP contribution < -0.4 is 5.32 Å².